The Labute approximate surface area is 205 Å². The second-order valence-corrected chi connectivity index (χ2v) is 8.33. The lowest BCUT2D eigenvalue weighted by molar-refractivity contribution is -0.110. The van der Waals surface area contributed by atoms with Gasteiger partial charge in [-0.1, -0.05) is 48.5 Å². The van der Waals surface area contributed by atoms with Gasteiger partial charge in [0.2, 0.25) is 0 Å². The third-order valence-electron chi connectivity index (χ3n) is 5.75. The summed E-state index contributed by atoms with van der Waals surface area (Å²) < 4.78 is 5.09. The van der Waals surface area contributed by atoms with Crippen LogP contribution in [0.4, 0.5) is 11.4 Å². The number of nitrogens with one attached hydrogen (secondary N) is 2. The number of amides is 1. The molecule has 0 aromatic heterocycles. The lowest BCUT2D eigenvalue weighted by Crippen LogP contribution is -2.21. The average Bonchev–Trinajstić information content (AvgIpc) is 3.19. The Morgan fingerprint density at radius 3 is 2.46 bits per heavy atom. The molecule has 3 N–H and O–H groups in total. The number of hydrogen-bond donors (Lipinski definition) is 3. The standard InChI is InChI=1S/C28H29N3O4/c1-3-35-28(34)21-11-14-23-24(17-21)30-27(33)25(23)26(20-7-5-4-6-8-20)29-22-12-9-19(10-13-22)18-31(2)15-16-32/h4-14,17,29,32H,3,15-16,18H2,1-2H3,(H,30,33)/b26-25-. The Bertz CT molecular complexity index is 1240. The Hall–Kier alpha value is -3.94. The number of esters is 1. The van der Waals surface area contributed by atoms with Crippen LogP contribution in [0.15, 0.2) is 72.8 Å². The Balaban J connectivity index is 1.70. The molecule has 0 aliphatic carbocycles. The summed E-state index contributed by atoms with van der Waals surface area (Å²) in [4.78, 5) is 27.3. The summed E-state index contributed by atoms with van der Waals surface area (Å²) in [5, 5.41) is 15.5. The summed E-state index contributed by atoms with van der Waals surface area (Å²) in [7, 11) is 1.96. The van der Waals surface area contributed by atoms with Crippen molar-refractivity contribution < 1.29 is 19.4 Å². The number of aliphatic hydroxyl groups is 1. The van der Waals surface area contributed by atoms with E-state index >= 15 is 0 Å². The van der Waals surface area contributed by atoms with Gasteiger partial charge in [-0.3, -0.25) is 9.69 Å². The fraction of sp³-hybridized carbons (Fsp3) is 0.214. The number of anilines is 2. The molecule has 3 aromatic rings. The summed E-state index contributed by atoms with van der Waals surface area (Å²) in [5.41, 5.74) is 5.70. The minimum Gasteiger partial charge on any atom is -0.462 e. The molecular weight excluding hydrogens is 442 g/mol. The van der Waals surface area contributed by atoms with Crippen LogP contribution in [0.25, 0.3) is 11.3 Å². The van der Waals surface area contributed by atoms with Crippen LogP contribution in [0.2, 0.25) is 0 Å². The van der Waals surface area contributed by atoms with Gasteiger partial charge in [-0.05, 0) is 49.4 Å². The lowest BCUT2D eigenvalue weighted by Gasteiger charge is -2.17. The van der Waals surface area contributed by atoms with Gasteiger partial charge in [0.05, 0.1) is 35.7 Å². The second-order valence-electron chi connectivity index (χ2n) is 8.33. The predicted molar refractivity (Wildman–Crippen MR) is 138 cm³/mol. The zero-order valence-electron chi connectivity index (χ0n) is 19.9. The van der Waals surface area contributed by atoms with Crippen molar-refractivity contribution in [3.05, 3.63) is 95.1 Å². The van der Waals surface area contributed by atoms with Crippen LogP contribution in [0.5, 0.6) is 0 Å². The minimum atomic E-state index is -0.423. The molecule has 3 aromatic carbocycles. The molecule has 7 nitrogen and oxygen atoms in total. The first-order valence-corrected chi connectivity index (χ1v) is 11.6. The van der Waals surface area contributed by atoms with Gasteiger partial charge in [-0.2, -0.15) is 0 Å². The summed E-state index contributed by atoms with van der Waals surface area (Å²) in [6.45, 7) is 3.50. The van der Waals surface area contributed by atoms with Crippen LogP contribution < -0.4 is 10.6 Å². The highest BCUT2D eigenvalue weighted by Crippen LogP contribution is 2.38. The zero-order valence-corrected chi connectivity index (χ0v) is 19.9. The molecular formula is C28H29N3O4. The third kappa shape index (κ3) is 5.59. The molecule has 1 aliphatic rings. The molecule has 0 atom stereocenters. The van der Waals surface area contributed by atoms with E-state index in [-0.39, 0.29) is 19.1 Å². The van der Waals surface area contributed by atoms with Gasteiger partial charge in [0.15, 0.2) is 0 Å². The molecule has 0 spiro atoms. The van der Waals surface area contributed by atoms with E-state index in [4.69, 9.17) is 9.84 Å². The molecule has 1 amide bonds. The Morgan fingerprint density at radius 1 is 1.03 bits per heavy atom. The fourth-order valence-corrected chi connectivity index (χ4v) is 4.05. The highest BCUT2D eigenvalue weighted by molar-refractivity contribution is 6.37. The van der Waals surface area contributed by atoms with E-state index in [9.17, 15) is 9.59 Å². The number of nitrogens with zero attached hydrogens (tertiary/aromatic N) is 1. The molecule has 0 saturated carbocycles. The number of hydrogen-bond acceptors (Lipinski definition) is 6. The molecule has 0 saturated heterocycles. The molecule has 4 rings (SSSR count). The summed E-state index contributed by atoms with van der Waals surface area (Å²) >= 11 is 0. The zero-order chi connectivity index (χ0) is 24.8. The number of benzene rings is 3. The van der Waals surface area contributed by atoms with Crippen LogP contribution in [0.1, 0.15) is 34.0 Å². The molecule has 7 heteroatoms. The van der Waals surface area contributed by atoms with Gasteiger partial charge >= 0.3 is 5.97 Å². The molecule has 1 heterocycles. The molecule has 0 bridgehead atoms. The SMILES string of the molecule is CCOC(=O)c1ccc2c(c1)NC(=O)/C2=C(\Nc1ccc(CN(C)CCO)cc1)c1ccccc1. The monoisotopic (exact) mass is 471 g/mol. The molecule has 0 fully saturated rings. The van der Waals surface area contributed by atoms with Gasteiger partial charge in [0.25, 0.3) is 5.91 Å². The number of carbonyl (C=O) groups excluding carboxylic acids is 2. The first-order chi connectivity index (χ1) is 17.0. The average molecular weight is 472 g/mol. The van der Waals surface area contributed by atoms with Crippen molar-refractivity contribution >= 4 is 34.5 Å². The predicted octanol–water partition coefficient (Wildman–Crippen LogP) is 4.22. The van der Waals surface area contributed by atoms with Crippen molar-refractivity contribution in [3.63, 3.8) is 0 Å². The third-order valence-corrected chi connectivity index (χ3v) is 5.75. The van der Waals surface area contributed by atoms with Crippen molar-refractivity contribution in [2.45, 2.75) is 13.5 Å². The molecule has 0 radical (unpaired) electrons. The Kier molecular flexibility index (Phi) is 7.60. The maximum atomic E-state index is 13.1. The fourth-order valence-electron chi connectivity index (χ4n) is 4.05. The van der Waals surface area contributed by atoms with E-state index in [0.29, 0.717) is 29.1 Å². The van der Waals surface area contributed by atoms with Gasteiger partial charge in [0, 0.05) is 24.3 Å². The van der Waals surface area contributed by atoms with E-state index in [1.54, 1.807) is 25.1 Å². The first-order valence-electron chi connectivity index (χ1n) is 11.6. The highest BCUT2D eigenvalue weighted by Gasteiger charge is 2.29. The van der Waals surface area contributed by atoms with Gasteiger partial charge in [-0.25, -0.2) is 4.79 Å². The largest absolute Gasteiger partial charge is 0.462 e. The summed E-state index contributed by atoms with van der Waals surface area (Å²) in [6, 6.07) is 22.8. The van der Waals surface area contributed by atoms with E-state index < -0.39 is 5.97 Å². The van der Waals surface area contributed by atoms with Crippen molar-refractivity contribution in [2.24, 2.45) is 0 Å². The van der Waals surface area contributed by atoms with E-state index in [2.05, 4.69) is 10.6 Å². The van der Waals surface area contributed by atoms with Crippen LogP contribution in [-0.4, -0.2) is 48.7 Å². The minimum absolute atomic E-state index is 0.120. The molecule has 180 valence electrons. The number of likely N-dealkylation sites (N-methyl/N-ethyl adjacent to an activating group) is 1. The van der Waals surface area contributed by atoms with E-state index in [1.807, 2.05) is 66.5 Å². The van der Waals surface area contributed by atoms with Gasteiger partial charge in [0.1, 0.15) is 0 Å². The topological polar surface area (TPSA) is 90.9 Å². The number of aliphatic hydroxyl groups excluding tert-OH is 1. The second kappa shape index (κ2) is 11.0. The van der Waals surface area contributed by atoms with Crippen molar-refractivity contribution in [1.82, 2.24) is 4.90 Å². The lowest BCUT2D eigenvalue weighted by atomic mass is 9.99. The van der Waals surface area contributed by atoms with Crippen LogP contribution in [-0.2, 0) is 16.1 Å². The van der Waals surface area contributed by atoms with Crippen LogP contribution >= 0.6 is 0 Å². The van der Waals surface area contributed by atoms with E-state index in [0.717, 1.165) is 28.9 Å². The number of fused-ring (bicyclic) bond motifs is 1. The number of rotatable bonds is 9. The molecule has 0 unspecified atom stereocenters. The maximum absolute atomic E-state index is 13.1. The quantitative estimate of drug-likeness (QED) is 0.320. The van der Waals surface area contributed by atoms with Crippen molar-refractivity contribution in [1.29, 1.82) is 0 Å². The highest BCUT2D eigenvalue weighted by atomic mass is 16.5. The summed E-state index contributed by atoms with van der Waals surface area (Å²) in [5.74, 6) is -0.664. The van der Waals surface area contributed by atoms with Crippen molar-refractivity contribution in [2.75, 3.05) is 37.4 Å². The summed E-state index contributed by atoms with van der Waals surface area (Å²) in [6.07, 6.45) is 0. The van der Waals surface area contributed by atoms with Crippen molar-refractivity contribution in [3.8, 4) is 0 Å². The van der Waals surface area contributed by atoms with Gasteiger partial charge < -0.3 is 20.5 Å². The molecule has 35 heavy (non-hydrogen) atoms. The van der Waals surface area contributed by atoms with Crippen LogP contribution in [0, 0.1) is 0 Å². The number of carbonyl (C=O) groups is 2. The van der Waals surface area contributed by atoms with E-state index in [1.165, 1.54) is 0 Å². The molecule has 1 aliphatic heterocycles. The Morgan fingerprint density at radius 2 is 1.77 bits per heavy atom. The first kappa shape index (κ1) is 24.2. The van der Waals surface area contributed by atoms with Crippen LogP contribution in [0.3, 0.4) is 0 Å². The maximum Gasteiger partial charge on any atom is 0.338 e. The van der Waals surface area contributed by atoms with Gasteiger partial charge in [-0.15, -0.1) is 0 Å². The smallest absolute Gasteiger partial charge is 0.338 e. The normalized spacial score (nSPS) is 13.9. The number of ether oxygens (including phenoxy) is 1.